The molecule has 0 radical (unpaired) electrons. The van der Waals surface area contributed by atoms with Crippen molar-refractivity contribution in [3.05, 3.63) is 34.9 Å². The van der Waals surface area contributed by atoms with Gasteiger partial charge in [-0.2, -0.15) is 26.3 Å². The summed E-state index contributed by atoms with van der Waals surface area (Å²) in [5.41, 5.74) is -4.22. The Labute approximate surface area is 115 Å². The summed E-state index contributed by atoms with van der Waals surface area (Å²) >= 11 is 0. The first-order chi connectivity index (χ1) is 9.57. The summed E-state index contributed by atoms with van der Waals surface area (Å²) in [5.74, 6) is 2.86. The molecule has 1 rings (SSSR count). The molecule has 0 N–H and O–H groups in total. The van der Waals surface area contributed by atoms with E-state index in [4.69, 9.17) is 0 Å². The van der Waals surface area contributed by atoms with Gasteiger partial charge in [-0.3, -0.25) is 4.79 Å². The number of hydrogen-bond donors (Lipinski definition) is 0. The largest absolute Gasteiger partial charge is 0.468 e. The molecule has 0 aromatic heterocycles. The summed E-state index contributed by atoms with van der Waals surface area (Å²) < 4.78 is 80.6. The van der Waals surface area contributed by atoms with Crippen molar-refractivity contribution in [2.45, 2.75) is 18.8 Å². The highest BCUT2D eigenvalue weighted by molar-refractivity contribution is 5.72. The van der Waals surface area contributed by atoms with Crippen LogP contribution in [0.5, 0.6) is 0 Å². The SMILES string of the molecule is COC(=O)CC#Cc1c(C(F)(F)F)cccc1C(F)(F)F. The molecule has 0 aliphatic rings. The number of esters is 1. The lowest BCUT2D eigenvalue weighted by Gasteiger charge is -2.14. The normalized spacial score (nSPS) is 11.6. The molecule has 0 aliphatic heterocycles. The molecule has 1 aromatic rings. The van der Waals surface area contributed by atoms with Crippen LogP contribution in [0.2, 0.25) is 0 Å². The van der Waals surface area contributed by atoms with E-state index >= 15 is 0 Å². The van der Waals surface area contributed by atoms with Crippen LogP contribution in [-0.2, 0) is 21.9 Å². The fourth-order valence-corrected chi connectivity index (χ4v) is 1.44. The standard InChI is InChI=1S/C13H8F6O2/c1-21-11(20)7-2-4-8-9(12(14,15)16)5-3-6-10(8)13(17,18)19/h3,5-6H,7H2,1H3. The molecule has 0 spiro atoms. The van der Waals surface area contributed by atoms with Gasteiger partial charge in [-0.25, -0.2) is 0 Å². The van der Waals surface area contributed by atoms with Gasteiger partial charge in [0.25, 0.3) is 0 Å². The van der Waals surface area contributed by atoms with Crippen LogP contribution < -0.4 is 0 Å². The highest BCUT2D eigenvalue weighted by Gasteiger charge is 2.40. The average molecular weight is 310 g/mol. The third-order valence-electron chi connectivity index (χ3n) is 2.35. The van der Waals surface area contributed by atoms with Gasteiger partial charge in [-0.15, -0.1) is 0 Å². The molecule has 0 unspecified atom stereocenters. The van der Waals surface area contributed by atoms with E-state index in [2.05, 4.69) is 4.74 Å². The molecule has 0 bridgehead atoms. The minimum atomic E-state index is -4.99. The summed E-state index contributed by atoms with van der Waals surface area (Å²) in [6, 6.07) is 1.64. The third-order valence-corrected chi connectivity index (χ3v) is 2.35. The maximum atomic E-state index is 12.7. The summed E-state index contributed by atoms with van der Waals surface area (Å²) in [6.45, 7) is 0. The Balaban J connectivity index is 3.40. The summed E-state index contributed by atoms with van der Waals surface area (Å²) in [6.07, 6.45) is -10.6. The van der Waals surface area contributed by atoms with Crippen LogP contribution in [0.25, 0.3) is 0 Å². The first kappa shape index (κ1) is 16.9. The number of methoxy groups -OCH3 is 1. The van der Waals surface area contributed by atoms with Crippen LogP contribution in [0.4, 0.5) is 26.3 Å². The Bertz CT molecular complexity index is 557. The number of hydrogen-bond acceptors (Lipinski definition) is 2. The minimum absolute atomic E-state index is 0.497. The van der Waals surface area contributed by atoms with E-state index in [9.17, 15) is 31.1 Å². The molecule has 1 aromatic carbocycles. The summed E-state index contributed by atoms with van der Waals surface area (Å²) in [7, 11) is 1.02. The molecular formula is C13H8F6O2. The first-order valence-corrected chi connectivity index (χ1v) is 5.40. The number of carbonyl (C=O) groups excluding carboxylic acids is 1. The molecule has 2 nitrogen and oxygen atoms in total. The van der Waals surface area contributed by atoms with E-state index in [-0.39, 0.29) is 0 Å². The molecule has 0 fully saturated rings. The van der Waals surface area contributed by atoms with Crippen molar-refractivity contribution >= 4 is 5.97 Å². The predicted molar refractivity (Wildman–Crippen MR) is 60.0 cm³/mol. The van der Waals surface area contributed by atoms with Crippen molar-refractivity contribution < 1.29 is 35.9 Å². The number of halogens is 6. The number of alkyl halides is 6. The molecular weight excluding hydrogens is 302 g/mol. The number of benzene rings is 1. The fourth-order valence-electron chi connectivity index (χ4n) is 1.44. The van der Waals surface area contributed by atoms with Crippen molar-refractivity contribution in [2.24, 2.45) is 0 Å². The Morgan fingerprint density at radius 1 is 1.10 bits per heavy atom. The van der Waals surface area contributed by atoms with Crippen molar-refractivity contribution in [1.82, 2.24) is 0 Å². The zero-order valence-corrected chi connectivity index (χ0v) is 10.5. The Morgan fingerprint density at radius 2 is 1.57 bits per heavy atom. The third kappa shape index (κ3) is 4.41. The van der Waals surface area contributed by atoms with Crippen LogP contribution in [0.3, 0.4) is 0 Å². The molecule has 0 saturated heterocycles. The van der Waals surface area contributed by atoms with E-state index in [0.29, 0.717) is 18.2 Å². The predicted octanol–water partition coefficient (Wildman–Crippen LogP) is 3.64. The van der Waals surface area contributed by atoms with Gasteiger partial charge in [-0.05, 0) is 12.1 Å². The van der Waals surface area contributed by atoms with E-state index < -0.39 is 41.4 Å². The van der Waals surface area contributed by atoms with Crippen LogP contribution >= 0.6 is 0 Å². The lowest BCUT2D eigenvalue weighted by Crippen LogP contribution is -2.14. The second-order valence-corrected chi connectivity index (χ2v) is 3.78. The fraction of sp³-hybridized carbons (Fsp3) is 0.308. The van der Waals surface area contributed by atoms with Gasteiger partial charge < -0.3 is 4.74 Å². The van der Waals surface area contributed by atoms with E-state index in [1.807, 2.05) is 5.92 Å². The van der Waals surface area contributed by atoms with Gasteiger partial charge in [0.15, 0.2) is 0 Å². The monoisotopic (exact) mass is 310 g/mol. The number of carbonyl (C=O) groups is 1. The van der Waals surface area contributed by atoms with Gasteiger partial charge in [0, 0.05) is 5.56 Å². The first-order valence-electron chi connectivity index (χ1n) is 5.40. The molecule has 114 valence electrons. The van der Waals surface area contributed by atoms with Crippen LogP contribution in [0, 0.1) is 11.8 Å². The molecule has 0 saturated carbocycles. The van der Waals surface area contributed by atoms with E-state index in [0.717, 1.165) is 7.11 Å². The Hall–Kier alpha value is -2.17. The van der Waals surface area contributed by atoms with Gasteiger partial charge in [0.2, 0.25) is 0 Å². The van der Waals surface area contributed by atoms with Crippen LogP contribution in [0.15, 0.2) is 18.2 Å². The van der Waals surface area contributed by atoms with Crippen LogP contribution in [-0.4, -0.2) is 13.1 Å². The second-order valence-electron chi connectivity index (χ2n) is 3.78. The summed E-state index contributed by atoms with van der Waals surface area (Å²) in [4.78, 5) is 10.8. The summed E-state index contributed by atoms with van der Waals surface area (Å²) in [5, 5.41) is 0. The molecule has 0 aliphatic carbocycles. The quantitative estimate of drug-likeness (QED) is 0.450. The molecule has 8 heteroatoms. The molecule has 0 amide bonds. The van der Waals surface area contributed by atoms with Crippen molar-refractivity contribution in [3.8, 4) is 11.8 Å². The molecule has 0 heterocycles. The van der Waals surface area contributed by atoms with Gasteiger partial charge in [-0.1, -0.05) is 17.9 Å². The Morgan fingerprint density at radius 3 is 1.95 bits per heavy atom. The van der Waals surface area contributed by atoms with Gasteiger partial charge in [0.1, 0.15) is 6.42 Å². The van der Waals surface area contributed by atoms with Gasteiger partial charge in [0.05, 0.1) is 18.2 Å². The molecule has 21 heavy (non-hydrogen) atoms. The average Bonchev–Trinajstić information content (AvgIpc) is 2.36. The lowest BCUT2D eigenvalue weighted by molar-refractivity contribution is -0.143. The molecule has 0 atom stereocenters. The van der Waals surface area contributed by atoms with Crippen molar-refractivity contribution in [3.63, 3.8) is 0 Å². The minimum Gasteiger partial charge on any atom is -0.468 e. The highest BCUT2D eigenvalue weighted by Crippen LogP contribution is 2.38. The maximum absolute atomic E-state index is 12.7. The number of ether oxygens (including phenoxy) is 1. The maximum Gasteiger partial charge on any atom is 0.417 e. The van der Waals surface area contributed by atoms with Crippen molar-refractivity contribution in [2.75, 3.05) is 7.11 Å². The van der Waals surface area contributed by atoms with Crippen LogP contribution in [0.1, 0.15) is 23.1 Å². The number of rotatable bonds is 1. The zero-order chi connectivity index (χ0) is 16.3. The lowest BCUT2D eigenvalue weighted by atomic mass is 10.00. The van der Waals surface area contributed by atoms with Gasteiger partial charge >= 0.3 is 18.3 Å². The Kier molecular flexibility index (Phi) is 4.88. The topological polar surface area (TPSA) is 26.3 Å². The van der Waals surface area contributed by atoms with E-state index in [1.54, 1.807) is 5.92 Å². The highest BCUT2D eigenvalue weighted by atomic mass is 19.4. The van der Waals surface area contributed by atoms with Crippen molar-refractivity contribution in [1.29, 1.82) is 0 Å². The zero-order valence-electron chi connectivity index (χ0n) is 10.5. The van der Waals surface area contributed by atoms with E-state index in [1.165, 1.54) is 0 Å². The smallest absolute Gasteiger partial charge is 0.417 e. The second kappa shape index (κ2) is 6.08.